The molecule has 0 radical (unpaired) electrons. The fourth-order valence-electron chi connectivity index (χ4n) is 2.92. The normalized spacial score (nSPS) is 20.9. The summed E-state index contributed by atoms with van der Waals surface area (Å²) in [6.45, 7) is 2.31. The van der Waals surface area contributed by atoms with Crippen LogP contribution in [0.5, 0.6) is 0 Å². The van der Waals surface area contributed by atoms with Crippen LogP contribution in [0.1, 0.15) is 71.1 Å². The first-order valence-corrected chi connectivity index (χ1v) is 14.9. The molecule has 4 heteroatoms. The van der Waals surface area contributed by atoms with Gasteiger partial charge in [0.25, 0.3) is 0 Å². The lowest BCUT2D eigenvalue weighted by Gasteiger charge is -2.17. The Labute approximate surface area is 169 Å². The summed E-state index contributed by atoms with van der Waals surface area (Å²) in [5, 5.41) is 0. The fourth-order valence-corrected chi connectivity index (χ4v) is 7.69. The number of unbranched alkanes of at least 4 members (excludes halogenated alkanes) is 5. The third-order valence-electron chi connectivity index (χ3n) is 4.41. The lowest BCUT2D eigenvalue weighted by Crippen LogP contribution is -2.09. The predicted molar refractivity (Wildman–Crippen MR) is 125 cm³/mol. The van der Waals surface area contributed by atoms with Crippen molar-refractivity contribution in [2.24, 2.45) is 5.92 Å². The molecular weight excluding hydrogens is 368 g/mol. The van der Waals surface area contributed by atoms with Gasteiger partial charge in [-0.2, -0.15) is 47.0 Å². The molecule has 0 saturated carbocycles. The Hall–Kier alpha value is 1.40. The molecule has 1 aliphatic rings. The number of hydrogen-bond acceptors (Lipinski definition) is 4. The van der Waals surface area contributed by atoms with Crippen LogP contribution < -0.4 is 0 Å². The first-order valence-electron chi connectivity index (χ1n) is 10.2. The van der Waals surface area contributed by atoms with Crippen LogP contribution in [-0.2, 0) is 0 Å². The van der Waals surface area contributed by atoms with E-state index in [2.05, 4.69) is 54.0 Å². The van der Waals surface area contributed by atoms with Crippen molar-refractivity contribution in [2.45, 2.75) is 71.1 Å². The molecule has 0 aromatic rings. The zero-order valence-electron chi connectivity index (χ0n) is 15.9. The van der Waals surface area contributed by atoms with Crippen LogP contribution in [-0.4, -0.2) is 46.0 Å². The number of hydrogen-bond donors (Lipinski definition) is 0. The van der Waals surface area contributed by atoms with E-state index in [-0.39, 0.29) is 0 Å². The summed E-state index contributed by atoms with van der Waals surface area (Å²) in [5.41, 5.74) is 0. The lowest BCUT2D eigenvalue weighted by molar-refractivity contribution is 0.524. The largest absolute Gasteiger partial charge is 0.162 e. The van der Waals surface area contributed by atoms with Gasteiger partial charge in [-0.1, -0.05) is 45.4 Å². The van der Waals surface area contributed by atoms with E-state index in [1.54, 1.807) is 0 Å². The van der Waals surface area contributed by atoms with E-state index in [9.17, 15) is 0 Å². The molecule has 0 aromatic carbocycles. The summed E-state index contributed by atoms with van der Waals surface area (Å²) in [6, 6.07) is 0. The van der Waals surface area contributed by atoms with Gasteiger partial charge in [0.15, 0.2) is 0 Å². The van der Waals surface area contributed by atoms with E-state index in [1.807, 2.05) is 0 Å². The van der Waals surface area contributed by atoms with Gasteiger partial charge >= 0.3 is 0 Å². The average Bonchev–Trinajstić information content (AvgIpc) is 2.59. The summed E-state index contributed by atoms with van der Waals surface area (Å²) in [7, 11) is 0. The minimum absolute atomic E-state index is 0.972. The molecule has 1 rings (SSSR count). The van der Waals surface area contributed by atoms with Gasteiger partial charge in [0, 0.05) is 0 Å². The summed E-state index contributed by atoms with van der Waals surface area (Å²) in [5.74, 6) is 12.1. The molecule has 1 saturated heterocycles. The van der Waals surface area contributed by atoms with Crippen LogP contribution in [0.15, 0.2) is 0 Å². The molecule has 0 aliphatic carbocycles. The Balaban J connectivity index is 2.16. The molecule has 1 fully saturated rings. The molecular formula is C20H40S4. The van der Waals surface area contributed by atoms with Crippen molar-refractivity contribution in [3.05, 3.63) is 0 Å². The standard InChI is InChI=1S/C20H40S4/c1-2-3-4-5-6-7-11-20-18-23-16-9-14-21-12-8-13-22-15-10-17-24-19-20/h20H,2-19H2,1H3. The van der Waals surface area contributed by atoms with Gasteiger partial charge < -0.3 is 0 Å². The Morgan fingerprint density at radius 1 is 0.583 bits per heavy atom. The van der Waals surface area contributed by atoms with Crippen molar-refractivity contribution in [3.63, 3.8) is 0 Å². The monoisotopic (exact) mass is 408 g/mol. The molecule has 0 unspecified atom stereocenters. The maximum Gasteiger partial charge on any atom is -0.00312 e. The van der Waals surface area contributed by atoms with Crippen molar-refractivity contribution >= 4 is 47.0 Å². The number of rotatable bonds is 7. The highest BCUT2D eigenvalue weighted by atomic mass is 32.2. The minimum atomic E-state index is 0.972. The molecule has 0 nitrogen and oxygen atoms in total. The SMILES string of the molecule is CCCCCCCCC1CSCCCSCCCSCCCSC1. The van der Waals surface area contributed by atoms with E-state index in [1.165, 1.54) is 110 Å². The zero-order chi connectivity index (χ0) is 17.1. The molecule has 24 heavy (non-hydrogen) atoms. The quantitative estimate of drug-likeness (QED) is 0.400. The Bertz CT molecular complexity index is 229. The summed E-state index contributed by atoms with van der Waals surface area (Å²) in [6.07, 6.45) is 14.4. The van der Waals surface area contributed by atoms with E-state index in [0.29, 0.717) is 0 Å². The van der Waals surface area contributed by atoms with Crippen LogP contribution in [0.4, 0.5) is 0 Å². The molecule has 0 aromatic heterocycles. The highest BCUT2D eigenvalue weighted by Crippen LogP contribution is 2.23. The molecule has 0 bridgehead atoms. The van der Waals surface area contributed by atoms with Crippen LogP contribution in [0.25, 0.3) is 0 Å². The zero-order valence-corrected chi connectivity index (χ0v) is 19.2. The van der Waals surface area contributed by atoms with Crippen molar-refractivity contribution in [1.29, 1.82) is 0 Å². The Morgan fingerprint density at radius 2 is 1.04 bits per heavy atom. The summed E-state index contributed by atoms with van der Waals surface area (Å²) in [4.78, 5) is 0. The molecule has 1 heterocycles. The predicted octanol–water partition coefficient (Wildman–Crippen LogP) is 7.47. The van der Waals surface area contributed by atoms with Gasteiger partial charge in [0.05, 0.1) is 0 Å². The highest BCUT2D eigenvalue weighted by molar-refractivity contribution is 8.01. The Kier molecular flexibility index (Phi) is 18.7. The fraction of sp³-hybridized carbons (Fsp3) is 1.00. The smallest absolute Gasteiger partial charge is 0.00312 e. The summed E-state index contributed by atoms with van der Waals surface area (Å²) < 4.78 is 0. The molecule has 1 aliphatic heterocycles. The van der Waals surface area contributed by atoms with Gasteiger partial charge in [-0.05, 0) is 77.6 Å². The minimum Gasteiger partial charge on any atom is -0.162 e. The van der Waals surface area contributed by atoms with Gasteiger partial charge in [-0.25, -0.2) is 0 Å². The van der Waals surface area contributed by atoms with Crippen molar-refractivity contribution in [2.75, 3.05) is 46.0 Å². The summed E-state index contributed by atoms with van der Waals surface area (Å²) >= 11 is 8.84. The molecule has 0 atom stereocenters. The third-order valence-corrected chi connectivity index (χ3v) is 9.28. The van der Waals surface area contributed by atoms with Gasteiger partial charge in [0.2, 0.25) is 0 Å². The van der Waals surface area contributed by atoms with Crippen LogP contribution >= 0.6 is 47.0 Å². The van der Waals surface area contributed by atoms with Crippen molar-refractivity contribution < 1.29 is 0 Å². The maximum atomic E-state index is 2.31. The maximum absolute atomic E-state index is 2.31. The van der Waals surface area contributed by atoms with E-state index < -0.39 is 0 Å². The van der Waals surface area contributed by atoms with E-state index in [4.69, 9.17) is 0 Å². The second-order valence-electron chi connectivity index (χ2n) is 6.86. The van der Waals surface area contributed by atoms with Crippen molar-refractivity contribution in [3.8, 4) is 0 Å². The molecule has 0 amide bonds. The topological polar surface area (TPSA) is 0 Å². The molecule has 0 spiro atoms. The lowest BCUT2D eigenvalue weighted by atomic mass is 10.0. The van der Waals surface area contributed by atoms with Gasteiger partial charge in [0.1, 0.15) is 0 Å². The molecule has 0 N–H and O–H groups in total. The van der Waals surface area contributed by atoms with Gasteiger partial charge in [-0.15, -0.1) is 0 Å². The second-order valence-corrected chi connectivity index (χ2v) is 11.6. The van der Waals surface area contributed by atoms with Crippen molar-refractivity contribution in [1.82, 2.24) is 0 Å². The average molecular weight is 409 g/mol. The highest BCUT2D eigenvalue weighted by Gasteiger charge is 2.09. The molecule has 144 valence electrons. The van der Waals surface area contributed by atoms with Gasteiger partial charge in [-0.3, -0.25) is 0 Å². The van der Waals surface area contributed by atoms with E-state index in [0.717, 1.165) is 5.92 Å². The number of thioether (sulfide) groups is 4. The van der Waals surface area contributed by atoms with Crippen LogP contribution in [0.3, 0.4) is 0 Å². The first kappa shape index (κ1) is 23.4. The van der Waals surface area contributed by atoms with Crippen LogP contribution in [0, 0.1) is 5.92 Å². The van der Waals surface area contributed by atoms with E-state index >= 15 is 0 Å². The second kappa shape index (κ2) is 19.2. The Morgan fingerprint density at radius 3 is 1.58 bits per heavy atom. The van der Waals surface area contributed by atoms with Crippen LogP contribution in [0.2, 0.25) is 0 Å². The first-order chi connectivity index (χ1) is 11.9. The third kappa shape index (κ3) is 15.6.